The van der Waals surface area contributed by atoms with Crippen LogP contribution in [-0.4, -0.2) is 14.5 Å². The Morgan fingerprint density at radius 1 is 0.367 bits per heavy atom. The Kier molecular flexibility index (Phi) is 6.33. The van der Waals surface area contributed by atoms with E-state index in [9.17, 15) is 5.26 Å². The van der Waals surface area contributed by atoms with Crippen LogP contribution in [0, 0.1) is 11.3 Å². The van der Waals surface area contributed by atoms with Gasteiger partial charge in [-0.2, -0.15) is 0 Å². The molecule has 0 saturated heterocycles. The Morgan fingerprint density at radius 3 is 1.39 bits per heavy atom. The summed E-state index contributed by atoms with van der Waals surface area (Å²) in [6, 6.07) is 61.9. The maximum atomic E-state index is 10.2. The number of hydrogen-bond acceptors (Lipinski definition) is 1. The molecule has 0 fully saturated rings. The van der Waals surface area contributed by atoms with Crippen LogP contribution in [0.2, 0.25) is 0 Å². The SMILES string of the molecule is N#Cc1c2ccccc2c(-c2cccc3c2[se]c2ccc(-c4c5ccccc5c(-c5ccccc5)c5ccccc45)cc23)c2ccccc12. The summed E-state index contributed by atoms with van der Waals surface area (Å²) in [5.41, 5.74) is 8.31. The van der Waals surface area contributed by atoms with Crippen LogP contribution in [-0.2, 0) is 0 Å². The monoisotopic (exact) mass is 685 g/mol. The van der Waals surface area contributed by atoms with Crippen LogP contribution in [0.3, 0.4) is 0 Å². The minimum absolute atomic E-state index is 0.136. The topological polar surface area (TPSA) is 23.8 Å². The maximum absolute atomic E-state index is 10.2. The van der Waals surface area contributed by atoms with Gasteiger partial charge in [0, 0.05) is 0 Å². The quantitative estimate of drug-likeness (QED) is 0.134. The molecule has 0 bridgehead atoms. The van der Waals surface area contributed by atoms with Gasteiger partial charge in [-0.05, 0) is 0 Å². The average Bonchev–Trinajstić information content (AvgIpc) is 3.54. The molecule has 0 aliphatic carbocycles. The molecule has 10 aromatic rings. The zero-order valence-corrected chi connectivity index (χ0v) is 28.2. The van der Waals surface area contributed by atoms with E-state index in [1.807, 2.05) is 12.1 Å². The van der Waals surface area contributed by atoms with Crippen molar-refractivity contribution in [3.63, 3.8) is 0 Å². The Bertz CT molecular complexity index is 2880. The molecule has 0 amide bonds. The van der Waals surface area contributed by atoms with Crippen molar-refractivity contribution in [3.05, 3.63) is 169 Å². The van der Waals surface area contributed by atoms with Gasteiger partial charge in [-0.3, -0.25) is 0 Å². The third-order valence-electron chi connectivity index (χ3n) is 10.1. The molecular formula is C47H27NSe. The second-order valence-corrected chi connectivity index (χ2v) is 14.9. The Morgan fingerprint density at radius 2 is 0.837 bits per heavy atom. The number of benzene rings is 9. The van der Waals surface area contributed by atoms with E-state index in [4.69, 9.17) is 0 Å². The van der Waals surface area contributed by atoms with Crippen LogP contribution in [0.25, 0.3) is 95.8 Å². The number of nitriles is 1. The molecule has 226 valence electrons. The van der Waals surface area contributed by atoms with E-state index in [2.05, 4.69) is 158 Å². The van der Waals surface area contributed by atoms with E-state index in [1.165, 1.54) is 74.2 Å². The van der Waals surface area contributed by atoms with Crippen LogP contribution < -0.4 is 0 Å². The van der Waals surface area contributed by atoms with Gasteiger partial charge >= 0.3 is 291 Å². The molecule has 0 aliphatic rings. The van der Waals surface area contributed by atoms with Crippen LogP contribution in [0.15, 0.2) is 164 Å². The third-order valence-corrected chi connectivity index (χ3v) is 12.7. The van der Waals surface area contributed by atoms with Crippen LogP contribution in [0.1, 0.15) is 5.56 Å². The summed E-state index contributed by atoms with van der Waals surface area (Å²) in [7, 11) is 0. The van der Waals surface area contributed by atoms with Crippen molar-refractivity contribution in [2.24, 2.45) is 0 Å². The van der Waals surface area contributed by atoms with Gasteiger partial charge in [-0.15, -0.1) is 0 Å². The molecule has 49 heavy (non-hydrogen) atoms. The first kappa shape index (κ1) is 28.1. The van der Waals surface area contributed by atoms with E-state index in [0.29, 0.717) is 0 Å². The van der Waals surface area contributed by atoms with Crippen molar-refractivity contribution >= 4 is 76.9 Å². The minimum atomic E-state index is 0.136. The third kappa shape index (κ3) is 4.17. The average molecular weight is 685 g/mol. The van der Waals surface area contributed by atoms with E-state index in [0.717, 1.165) is 27.1 Å². The van der Waals surface area contributed by atoms with Gasteiger partial charge in [-0.1, -0.05) is 0 Å². The molecule has 1 heterocycles. The molecule has 0 N–H and O–H groups in total. The number of hydrogen-bond donors (Lipinski definition) is 0. The van der Waals surface area contributed by atoms with Gasteiger partial charge < -0.3 is 0 Å². The Balaban J connectivity index is 1.26. The predicted octanol–water partition coefficient (Wildman–Crippen LogP) is 12.5. The summed E-state index contributed by atoms with van der Waals surface area (Å²) in [6.07, 6.45) is 0. The van der Waals surface area contributed by atoms with Crippen molar-refractivity contribution in [3.8, 4) is 39.4 Å². The molecule has 0 atom stereocenters. The molecule has 1 nitrogen and oxygen atoms in total. The molecule has 0 aliphatic heterocycles. The Labute approximate surface area is 289 Å². The van der Waals surface area contributed by atoms with E-state index in [1.54, 1.807) is 0 Å². The molecule has 0 unspecified atom stereocenters. The first-order valence-corrected chi connectivity index (χ1v) is 18.3. The van der Waals surface area contributed by atoms with Gasteiger partial charge in [0.15, 0.2) is 0 Å². The van der Waals surface area contributed by atoms with Gasteiger partial charge in [0.2, 0.25) is 0 Å². The van der Waals surface area contributed by atoms with Gasteiger partial charge in [0.1, 0.15) is 0 Å². The number of nitrogens with zero attached hydrogens (tertiary/aromatic N) is 1. The molecule has 1 aromatic heterocycles. The molecule has 9 aromatic carbocycles. The van der Waals surface area contributed by atoms with Crippen LogP contribution in [0.5, 0.6) is 0 Å². The molecule has 0 saturated carbocycles. The van der Waals surface area contributed by atoms with Gasteiger partial charge in [0.25, 0.3) is 0 Å². The van der Waals surface area contributed by atoms with Crippen LogP contribution in [0.4, 0.5) is 0 Å². The van der Waals surface area contributed by atoms with Gasteiger partial charge in [0.05, 0.1) is 0 Å². The Hall–Kier alpha value is -5.97. The number of rotatable bonds is 3. The number of fused-ring (bicyclic) bond motifs is 7. The fourth-order valence-corrected chi connectivity index (χ4v) is 10.6. The van der Waals surface area contributed by atoms with Gasteiger partial charge in [-0.25, -0.2) is 0 Å². The summed E-state index contributed by atoms with van der Waals surface area (Å²) in [5, 5.41) is 22.3. The van der Waals surface area contributed by atoms with Crippen molar-refractivity contribution in [1.29, 1.82) is 5.26 Å². The van der Waals surface area contributed by atoms with Crippen molar-refractivity contribution < 1.29 is 0 Å². The summed E-state index contributed by atoms with van der Waals surface area (Å²) < 4.78 is 2.83. The zero-order chi connectivity index (χ0) is 32.5. The normalized spacial score (nSPS) is 11.7. The summed E-state index contributed by atoms with van der Waals surface area (Å²) in [4.78, 5) is 0. The molecule has 10 rings (SSSR count). The molecule has 0 spiro atoms. The standard InChI is InChI=1S/C47H27NSe/c48-28-42-31-15-4-6-17-33(31)46(34-18-7-5-16-32(34)42)40-24-12-23-39-41-27-30(25-26-43(41)49-47(39)40)45-37-21-10-8-19-35(37)44(29-13-2-1-3-14-29)36-20-9-11-22-38(36)45/h1-27H. The first-order chi connectivity index (χ1) is 24.3. The summed E-state index contributed by atoms with van der Waals surface area (Å²) in [6.45, 7) is 0. The van der Waals surface area contributed by atoms with E-state index < -0.39 is 0 Å². The van der Waals surface area contributed by atoms with Crippen molar-refractivity contribution in [2.45, 2.75) is 0 Å². The molecule has 0 radical (unpaired) electrons. The fourth-order valence-electron chi connectivity index (χ4n) is 8.05. The molecular weight excluding hydrogens is 657 g/mol. The summed E-state index contributed by atoms with van der Waals surface area (Å²) >= 11 is 0.136. The van der Waals surface area contributed by atoms with Crippen molar-refractivity contribution in [2.75, 3.05) is 0 Å². The fraction of sp³-hybridized carbons (Fsp3) is 0. The summed E-state index contributed by atoms with van der Waals surface area (Å²) in [5.74, 6) is 0. The van der Waals surface area contributed by atoms with E-state index >= 15 is 0 Å². The van der Waals surface area contributed by atoms with Crippen LogP contribution >= 0.6 is 0 Å². The van der Waals surface area contributed by atoms with E-state index in [-0.39, 0.29) is 14.5 Å². The second kappa shape index (κ2) is 11.0. The van der Waals surface area contributed by atoms with Crippen molar-refractivity contribution in [1.82, 2.24) is 0 Å². The predicted molar refractivity (Wildman–Crippen MR) is 209 cm³/mol. The zero-order valence-electron chi connectivity index (χ0n) is 26.4. The molecule has 2 heteroatoms. The second-order valence-electron chi connectivity index (χ2n) is 12.7. The first-order valence-electron chi connectivity index (χ1n) is 16.6.